The van der Waals surface area contributed by atoms with Gasteiger partial charge in [0.15, 0.2) is 0 Å². The molecule has 1 N–H and O–H groups in total. The molecule has 1 aromatic heterocycles. The topological polar surface area (TPSA) is 66.3 Å². The smallest absolute Gasteiger partial charge is 0.242 e. The van der Waals surface area contributed by atoms with Crippen LogP contribution >= 0.6 is 0 Å². The number of hydrogen-bond acceptors (Lipinski definition) is 5. The van der Waals surface area contributed by atoms with Crippen LogP contribution in [0.5, 0.6) is 0 Å². The average molecular weight is 363 g/mol. The van der Waals surface area contributed by atoms with E-state index in [2.05, 4.69) is 39.3 Å². The van der Waals surface area contributed by atoms with Gasteiger partial charge in [0.2, 0.25) is 5.91 Å². The lowest BCUT2D eigenvalue weighted by Gasteiger charge is -2.34. The van der Waals surface area contributed by atoms with Crippen LogP contribution in [0.25, 0.3) is 0 Å². The van der Waals surface area contributed by atoms with Crippen molar-refractivity contribution in [2.45, 2.75) is 71.0 Å². The van der Waals surface area contributed by atoms with Crippen molar-refractivity contribution in [3.8, 4) is 0 Å². The molecule has 3 heterocycles. The summed E-state index contributed by atoms with van der Waals surface area (Å²) in [6.07, 6.45) is 8.87. The van der Waals surface area contributed by atoms with Gasteiger partial charge in [0, 0.05) is 44.3 Å². The number of carbonyl (C=O) groups is 1. The van der Waals surface area contributed by atoms with Gasteiger partial charge >= 0.3 is 0 Å². The molecule has 0 unspecified atom stereocenters. The van der Waals surface area contributed by atoms with Crippen LogP contribution in [-0.2, 0) is 17.8 Å². The highest BCUT2D eigenvalue weighted by atomic mass is 16.2. The molecule has 0 saturated carbocycles. The van der Waals surface area contributed by atoms with E-state index in [1.165, 1.54) is 32.4 Å². The van der Waals surface area contributed by atoms with Gasteiger partial charge in [-0.3, -0.25) is 4.79 Å². The predicted octanol–water partition coefficient (Wildman–Crippen LogP) is 1.30. The molecule has 0 aromatic carbocycles. The Morgan fingerprint density at radius 3 is 2.62 bits per heavy atom. The van der Waals surface area contributed by atoms with Crippen LogP contribution in [0.3, 0.4) is 0 Å². The molecule has 0 aliphatic carbocycles. The van der Waals surface area contributed by atoms with E-state index in [9.17, 15) is 4.79 Å². The maximum absolute atomic E-state index is 12.3. The quantitative estimate of drug-likeness (QED) is 0.792. The second-order valence-electron chi connectivity index (χ2n) is 8.03. The van der Waals surface area contributed by atoms with Crippen LogP contribution in [0, 0.1) is 0 Å². The fraction of sp³-hybridized carbons (Fsp3) is 0.842. The summed E-state index contributed by atoms with van der Waals surface area (Å²) in [4.78, 5) is 17.3. The summed E-state index contributed by atoms with van der Waals surface area (Å²) < 4.78 is 1.67. The maximum Gasteiger partial charge on any atom is 0.242 e. The lowest BCUT2D eigenvalue weighted by Crippen LogP contribution is -2.47. The minimum absolute atomic E-state index is 0.0421. The van der Waals surface area contributed by atoms with Crippen LogP contribution in [0.1, 0.15) is 51.6 Å². The maximum atomic E-state index is 12.3. The number of carbonyl (C=O) groups excluding carboxylic acids is 1. The van der Waals surface area contributed by atoms with Crippen molar-refractivity contribution in [3.63, 3.8) is 0 Å². The Bertz CT molecular complexity index is 558. The van der Waals surface area contributed by atoms with Gasteiger partial charge in [0.25, 0.3) is 0 Å². The lowest BCUT2D eigenvalue weighted by atomic mass is 10.0. The van der Waals surface area contributed by atoms with Gasteiger partial charge < -0.3 is 15.1 Å². The van der Waals surface area contributed by atoms with Crippen LogP contribution in [0.2, 0.25) is 0 Å². The van der Waals surface area contributed by atoms with Crippen molar-refractivity contribution in [1.82, 2.24) is 30.1 Å². The SMILES string of the molecule is CC(C)N1CCC(NC(=O)Cn2cc(CCN3CCCCC3)nn2)CC1. The summed E-state index contributed by atoms with van der Waals surface area (Å²) in [5.41, 5.74) is 0.980. The Labute approximate surface area is 157 Å². The normalized spacial score (nSPS) is 20.6. The average Bonchev–Trinajstić information content (AvgIpc) is 3.08. The largest absolute Gasteiger partial charge is 0.352 e. The second kappa shape index (κ2) is 9.46. The Morgan fingerprint density at radius 1 is 1.19 bits per heavy atom. The highest BCUT2D eigenvalue weighted by Gasteiger charge is 2.22. The summed E-state index contributed by atoms with van der Waals surface area (Å²) in [6, 6.07) is 0.879. The number of piperidine rings is 2. The lowest BCUT2D eigenvalue weighted by molar-refractivity contribution is -0.122. The van der Waals surface area contributed by atoms with E-state index in [1.807, 2.05) is 6.20 Å². The Balaban J connectivity index is 1.37. The third-order valence-electron chi connectivity index (χ3n) is 5.65. The first-order valence-corrected chi connectivity index (χ1v) is 10.2. The number of aromatic nitrogens is 3. The molecule has 1 aromatic rings. The third kappa shape index (κ3) is 5.77. The van der Waals surface area contributed by atoms with Gasteiger partial charge in [-0.15, -0.1) is 5.10 Å². The molecule has 7 nitrogen and oxygen atoms in total. The molecule has 2 saturated heterocycles. The van der Waals surface area contributed by atoms with Crippen molar-refractivity contribution in [2.24, 2.45) is 0 Å². The van der Waals surface area contributed by atoms with Crippen molar-refractivity contribution in [1.29, 1.82) is 0 Å². The van der Waals surface area contributed by atoms with Crippen molar-refractivity contribution in [2.75, 3.05) is 32.7 Å². The standard InChI is InChI=1S/C19H34N6O/c1-16(2)24-12-7-17(8-13-24)20-19(26)15-25-14-18(21-22-25)6-11-23-9-4-3-5-10-23/h14,16-17H,3-13,15H2,1-2H3,(H,20,26). The molecule has 7 heteroatoms. The summed E-state index contributed by atoms with van der Waals surface area (Å²) in [5.74, 6) is 0.0421. The number of nitrogens with one attached hydrogen (secondary N) is 1. The van der Waals surface area contributed by atoms with E-state index < -0.39 is 0 Å². The fourth-order valence-corrected chi connectivity index (χ4v) is 3.97. The van der Waals surface area contributed by atoms with Crippen LogP contribution in [-0.4, -0.2) is 75.5 Å². The first-order chi connectivity index (χ1) is 12.6. The minimum atomic E-state index is 0.0421. The van der Waals surface area contributed by atoms with Crippen molar-refractivity contribution >= 4 is 5.91 Å². The number of hydrogen-bond donors (Lipinski definition) is 1. The molecule has 0 spiro atoms. The van der Waals surface area contributed by atoms with Gasteiger partial charge in [0.1, 0.15) is 6.54 Å². The molecular weight excluding hydrogens is 328 g/mol. The Hall–Kier alpha value is -1.47. The number of nitrogens with zero attached hydrogens (tertiary/aromatic N) is 5. The summed E-state index contributed by atoms with van der Waals surface area (Å²) >= 11 is 0. The molecule has 146 valence electrons. The molecule has 2 aliphatic rings. The zero-order chi connectivity index (χ0) is 18.4. The molecule has 2 aliphatic heterocycles. The van der Waals surface area contributed by atoms with Crippen LogP contribution in [0.15, 0.2) is 6.20 Å². The molecular formula is C19H34N6O. The minimum Gasteiger partial charge on any atom is -0.352 e. The molecule has 3 rings (SSSR count). The zero-order valence-corrected chi connectivity index (χ0v) is 16.4. The van der Waals surface area contributed by atoms with E-state index in [4.69, 9.17) is 0 Å². The van der Waals surface area contributed by atoms with E-state index in [0.717, 1.165) is 44.6 Å². The zero-order valence-electron chi connectivity index (χ0n) is 16.4. The predicted molar refractivity (Wildman–Crippen MR) is 102 cm³/mol. The monoisotopic (exact) mass is 362 g/mol. The molecule has 0 atom stereocenters. The van der Waals surface area contributed by atoms with Gasteiger partial charge in [0.05, 0.1) is 5.69 Å². The molecule has 2 fully saturated rings. The van der Waals surface area contributed by atoms with Crippen LogP contribution in [0.4, 0.5) is 0 Å². The van der Waals surface area contributed by atoms with Gasteiger partial charge in [-0.05, 0) is 52.6 Å². The van der Waals surface area contributed by atoms with Crippen molar-refractivity contribution < 1.29 is 4.79 Å². The third-order valence-corrected chi connectivity index (χ3v) is 5.65. The first kappa shape index (κ1) is 19.3. The van der Waals surface area contributed by atoms with Crippen LogP contribution < -0.4 is 5.32 Å². The van der Waals surface area contributed by atoms with Gasteiger partial charge in [-0.25, -0.2) is 4.68 Å². The molecule has 1 amide bonds. The number of likely N-dealkylation sites (tertiary alicyclic amines) is 2. The number of amides is 1. The van der Waals surface area contributed by atoms with Gasteiger partial charge in [-0.2, -0.15) is 0 Å². The fourth-order valence-electron chi connectivity index (χ4n) is 3.97. The van der Waals surface area contributed by atoms with E-state index in [1.54, 1.807) is 4.68 Å². The molecule has 0 radical (unpaired) electrons. The summed E-state index contributed by atoms with van der Waals surface area (Å²) in [7, 11) is 0. The summed E-state index contributed by atoms with van der Waals surface area (Å²) in [5, 5.41) is 11.5. The van der Waals surface area contributed by atoms with E-state index in [0.29, 0.717) is 12.1 Å². The highest BCUT2D eigenvalue weighted by molar-refractivity contribution is 5.75. The number of rotatable bonds is 7. The van der Waals surface area contributed by atoms with Gasteiger partial charge in [-0.1, -0.05) is 11.6 Å². The first-order valence-electron chi connectivity index (χ1n) is 10.2. The Kier molecular flexibility index (Phi) is 7.02. The molecule has 26 heavy (non-hydrogen) atoms. The summed E-state index contributed by atoms with van der Waals surface area (Å²) in [6.45, 7) is 10.3. The van der Waals surface area contributed by atoms with E-state index in [-0.39, 0.29) is 12.5 Å². The van der Waals surface area contributed by atoms with E-state index >= 15 is 0 Å². The molecule has 0 bridgehead atoms. The Morgan fingerprint density at radius 2 is 1.92 bits per heavy atom. The highest BCUT2D eigenvalue weighted by Crippen LogP contribution is 2.13. The van der Waals surface area contributed by atoms with Crippen molar-refractivity contribution in [3.05, 3.63) is 11.9 Å². The second-order valence-corrected chi connectivity index (χ2v) is 8.03.